The minimum atomic E-state index is -0.255. The van der Waals surface area contributed by atoms with Crippen LogP contribution in [0.4, 0.5) is 34.3 Å². The van der Waals surface area contributed by atoms with Gasteiger partial charge in [0.15, 0.2) is 0 Å². The SMILES string of the molecule is CCOc1cc(C(=O)Nc2ccncc2)ccc1Nc1cc2c(cn1)N(C)C(=O)c1ccccc1N2C. The first-order valence-electron chi connectivity index (χ1n) is 11.8. The van der Waals surface area contributed by atoms with E-state index in [-0.39, 0.29) is 11.8 Å². The number of fused-ring (bicyclic) bond motifs is 2. The number of nitrogens with zero attached hydrogens (tertiary/aromatic N) is 4. The quantitative estimate of drug-likeness (QED) is 0.379. The largest absolute Gasteiger partial charge is 0.492 e. The number of ether oxygens (including phenoxy) is 1. The second kappa shape index (κ2) is 9.98. The van der Waals surface area contributed by atoms with Gasteiger partial charge in [-0.1, -0.05) is 12.1 Å². The molecule has 1 aliphatic heterocycles. The van der Waals surface area contributed by atoms with Gasteiger partial charge in [0.25, 0.3) is 11.8 Å². The van der Waals surface area contributed by atoms with E-state index in [1.165, 1.54) is 0 Å². The summed E-state index contributed by atoms with van der Waals surface area (Å²) >= 11 is 0. The summed E-state index contributed by atoms with van der Waals surface area (Å²) in [4.78, 5) is 37.9. The Morgan fingerprint density at radius 1 is 0.946 bits per heavy atom. The maximum atomic E-state index is 13.0. The summed E-state index contributed by atoms with van der Waals surface area (Å²) in [5.41, 5.74) is 4.73. The smallest absolute Gasteiger partial charge is 0.260 e. The molecule has 0 aliphatic carbocycles. The Hall–Kier alpha value is -4.92. The third kappa shape index (κ3) is 4.66. The van der Waals surface area contributed by atoms with Crippen molar-refractivity contribution in [1.82, 2.24) is 9.97 Å². The average Bonchev–Trinajstić information content (AvgIpc) is 3.00. The van der Waals surface area contributed by atoms with Crippen molar-refractivity contribution in [2.45, 2.75) is 6.92 Å². The minimum absolute atomic E-state index is 0.0945. The molecule has 0 radical (unpaired) electrons. The van der Waals surface area contributed by atoms with Crippen molar-refractivity contribution >= 4 is 46.1 Å². The van der Waals surface area contributed by atoms with Gasteiger partial charge in [0.1, 0.15) is 11.6 Å². The van der Waals surface area contributed by atoms with Gasteiger partial charge in [-0.25, -0.2) is 4.98 Å². The lowest BCUT2D eigenvalue weighted by Crippen LogP contribution is -2.25. The highest BCUT2D eigenvalue weighted by Gasteiger charge is 2.27. The summed E-state index contributed by atoms with van der Waals surface area (Å²) in [5.74, 6) is 0.742. The molecule has 0 saturated heterocycles. The van der Waals surface area contributed by atoms with Gasteiger partial charge in [0, 0.05) is 43.8 Å². The predicted octanol–water partition coefficient (Wildman–Crippen LogP) is 5.23. The molecule has 2 amide bonds. The zero-order valence-electron chi connectivity index (χ0n) is 20.7. The number of nitrogens with one attached hydrogen (secondary N) is 2. The van der Waals surface area contributed by atoms with Crippen molar-refractivity contribution in [3.8, 4) is 5.75 Å². The number of hydrogen-bond donors (Lipinski definition) is 2. The van der Waals surface area contributed by atoms with E-state index in [1.54, 1.807) is 60.9 Å². The molecule has 0 atom stereocenters. The van der Waals surface area contributed by atoms with Gasteiger partial charge in [-0.2, -0.15) is 0 Å². The summed E-state index contributed by atoms with van der Waals surface area (Å²) in [6.07, 6.45) is 4.91. The lowest BCUT2D eigenvalue weighted by Gasteiger charge is -2.23. The number of carbonyl (C=O) groups excluding carboxylic acids is 2. The van der Waals surface area contributed by atoms with Crippen molar-refractivity contribution < 1.29 is 14.3 Å². The fraction of sp³-hybridized carbons (Fsp3) is 0.143. The summed E-state index contributed by atoms with van der Waals surface area (Å²) < 4.78 is 5.84. The van der Waals surface area contributed by atoms with Crippen LogP contribution in [0.25, 0.3) is 0 Å². The molecule has 3 heterocycles. The average molecular weight is 495 g/mol. The highest BCUT2D eigenvalue weighted by molar-refractivity contribution is 6.13. The summed E-state index contributed by atoms with van der Waals surface area (Å²) in [5, 5.41) is 6.16. The van der Waals surface area contributed by atoms with E-state index in [1.807, 2.05) is 49.2 Å². The zero-order valence-corrected chi connectivity index (χ0v) is 20.7. The molecule has 186 valence electrons. The van der Waals surface area contributed by atoms with Crippen LogP contribution in [0.2, 0.25) is 0 Å². The summed E-state index contributed by atoms with van der Waals surface area (Å²) in [6, 6.07) is 18.1. The summed E-state index contributed by atoms with van der Waals surface area (Å²) in [6.45, 7) is 2.31. The van der Waals surface area contributed by atoms with Crippen LogP contribution in [0, 0.1) is 0 Å². The molecular formula is C28H26N6O3. The number of rotatable bonds is 6. The van der Waals surface area contributed by atoms with E-state index in [0.717, 1.165) is 11.4 Å². The molecule has 0 spiro atoms. The van der Waals surface area contributed by atoms with Gasteiger partial charge >= 0.3 is 0 Å². The molecule has 0 fully saturated rings. The Bertz CT molecular complexity index is 1470. The number of hydrogen-bond acceptors (Lipinski definition) is 7. The molecule has 4 aromatic rings. The molecule has 0 bridgehead atoms. The highest BCUT2D eigenvalue weighted by Crippen LogP contribution is 2.40. The first-order chi connectivity index (χ1) is 18.0. The van der Waals surface area contributed by atoms with Gasteiger partial charge in [-0.3, -0.25) is 14.6 Å². The minimum Gasteiger partial charge on any atom is -0.492 e. The Balaban J connectivity index is 1.45. The zero-order chi connectivity index (χ0) is 25.9. The van der Waals surface area contributed by atoms with Crippen LogP contribution < -0.4 is 25.2 Å². The lowest BCUT2D eigenvalue weighted by atomic mass is 10.1. The normalized spacial score (nSPS) is 12.4. The molecule has 1 aliphatic rings. The predicted molar refractivity (Wildman–Crippen MR) is 145 cm³/mol. The van der Waals surface area contributed by atoms with Crippen LogP contribution in [0.1, 0.15) is 27.6 Å². The van der Waals surface area contributed by atoms with E-state index >= 15 is 0 Å². The van der Waals surface area contributed by atoms with Gasteiger partial charge in [0.2, 0.25) is 0 Å². The number of carbonyl (C=O) groups is 2. The fourth-order valence-electron chi connectivity index (χ4n) is 4.22. The topological polar surface area (TPSA) is 99.7 Å². The first-order valence-corrected chi connectivity index (χ1v) is 11.8. The molecule has 5 rings (SSSR count). The van der Waals surface area contributed by atoms with Crippen LogP contribution in [-0.4, -0.2) is 42.5 Å². The molecule has 9 heteroatoms. The third-order valence-electron chi connectivity index (χ3n) is 6.13. The van der Waals surface area contributed by atoms with Crippen molar-refractivity contribution in [3.05, 3.63) is 90.4 Å². The number of aromatic nitrogens is 2. The number of pyridine rings is 2. The molecule has 2 aromatic carbocycles. The standard InChI is InChI=1S/C28H26N6O3/c1-4-37-25-15-18(27(35)31-19-11-13-29-14-12-19)9-10-21(25)32-26-16-23-24(17-30-26)34(3)28(36)20-7-5-6-8-22(20)33(23)2/h5-17H,4H2,1-3H3,(H,30,32)(H,29,31,35). The Morgan fingerprint density at radius 2 is 1.73 bits per heavy atom. The van der Waals surface area contributed by atoms with Crippen molar-refractivity contribution in [3.63, 3.8) is 0 Å². The maximum Gasteiger partial charge on any atom is 0.260 e. The van der Waals surface area contributed by atoms with E-state index < -0.39 is 0 Å². The number of amides is 2. The van der Waals surface area contributed by atoms with E-state index in [9.17, 15) is 9.59 Å². The molecule has 2 aromatic heterocycles. The van der Waals surface area contributed by atoms with Gasteiger partial charge < -0.3 is 25.2 Å². The molecular weight excluding hydrogens is 468 g/mol. The number of anilines is 6. The number of para-hydroxylation sites is 1. The molecule has 0 unspecified atom stereocenters. The first kappa shape index (κ1) is 23.8. The Labute approximate surface area is 214 Å². The van der Waals surface area contributed by atoms with Crippen molar-refractivity contribution in [1.29, 1.82) is 0 Å². The van der Waals surface area contributed by atoms with E-state index in [2.05, 4.69) is 20.6 Å². The van der Waals surface area contributed by atoms with Gasteiger partial charge in [0.05, 0.1) is 41.1 Å². The Kier molecular flexibility index (Phi) is 6.42. The number of benzene rings is 2. The van der Waals surface area contributed by atoms with Crippen molar-refractivity contribution in [2.24, 2.45) is 0 Å². The van der Waals surface area contributed by atoms with Crippen LogP contribution in [0.15, 0.2) is 79.3 Å². The van der Waals surface area contributed by atoms with Gasteiger partial charge in [-0.15, -0.1) is 0 Å². The van der Waals surface area contributed by atoms with Crippen LogP contribution in [-0.2, 0) is 0 Å². The summed E-state index contributed by atoms with van der Waals surface area (Å²) in [7, 11) is 3.67. The maximum absolute atomic E-state index is 13.0. The molecule has 2 N–H and O–H groups in total. The monoisotopic (exact) mass is 494 g/mol. The van der Waals surface area contributed by atoms with Crippen LogP contribution in [0.5, 0.6) is 5.75 Å². The molecule has 9 nitrogen and oxygen atoms in total. The third-order valence-corrected chi connectivity index (χ3v) is 6.13. The molecule has 0 saturated carbocycles. The molecule has 37 heavy (non-hydrogen) atoms. The second-order valence-electron chi connectivity index (χ2n) is 8.46. The fourth-order valence-corrected chi connectivity index (χ4v) is 4.22. The van der Waals surface area contributed by atoms with Gasteiger partial charge in [-0.05, 0) is 49.4 Å². The highest BCUT2D eigenvalue weighted by atomic mass is 16.5. The van der Waals surface area contributed by atoms with E-state index in [4.69, 9.17) is 4.74 Å². The van der Waals surface area contributed by atoms with Crippen molar-refractivity contribution in [2.75, 3.05) is 41.1 Å². The lowest BCUT2D eigenvalue weighted by molar-refractivity contribution is 0.0992. The van der Waals surface area contributed by atoms with Crippen LogP contribution >= 0.6 is 0 Å². The second-order valence-corrected chi connectivity index (χ2v) is 8.46. The Morgan fingerprint density at radius 3 is 2.51 bits per heavy atom. The van der Waals surface area contributed by atoms with Crippen LogP contribution in [0.3, 0.4) is 0 Å². The van der Waals surface area contributed by atoms with E-state index in [0.29, 0.717) is 46.4 Å².